The van der Waals surface area contributed by atoms with E-state index >= 15 is 0 Å². The Hall–Kier alpha value is -2.81. The maximum atomic E-state index is 13.0. The molecule has 2 aliphatic rings. The third kappa shape index (κ3) is 2.78. The second-order valence-electron chi connectivity index (χ2n) is 7.30. The van der Waals surface area contributed by atoms with E-state index in [0.717, 1.165) is 25.9 Å². The predicted molar refractivity (Wildman–Crippen MR) is 95.6 cm³/mol. The van der Waals surface area contributed by atoms with Crippen molar-refractivity contribution in [2.75, 3.05) is 20.2 Å². The molecule has 0 radical (unpaired) electrons. The number of tetrazole rings is 1. The number of ether oxygens (including phenoxy) is 1. The highest BCUT2D eigenvalue weighted by atomic mass is 16.5. The van der Waals surface area contributed by atoms with E-state index in [9.17, 15) is 9.59 Å². The smallest absolute Gasteiger partial charge is 0.337 e. The van der Waals surface area contributed by atoms with Gasteiger partial charge in [-0.2, -0.15) is 4.68 Å². The molecule has 142 valence electrons. The number of nitrogens with zero attached hydrogens (tertiary/aromatic N) is 5. The van der Waals surface area contributed by atoms with Gasteiger partial charge in [0.2, 0.25) is 0 Å². The number of amides is 1. The third-order valence-corrected chi connectivity index (χ3v) is 5.52. The van der Waals surface area contributed by atoms with Gasteiger partial charge < -0.3 is 15.0 Å². The number of hydrogen-bond acceptors (Lipinski definition) is 7. The van der Waals surface area contributed by atoms with E-state index in [0.29, 0.717) is 28.7 Å². The summed E-state index contributed by atoms with van der Waals surface area (Å²) in [6.07, 6.45) is 1.43. The first-order chi connectivity index (χ1) is 12.9. The molecule has 1 fully saturated rings. The fourth-order valence-electron chi connectivity index (χ4n) is 3.90. The number of methoxy groups -OCH3 is 1. The summed E-state index contributed by atoms with van der Waals surface area (Å²) >= 11 is 0. The molecule has 0 saturated carbocycles. The molecule has 1 amide bonds. The first kappa shape index (κ1) is 17.6. The minimum atomic E-state index is -0.629. The molecule has 1 aromatic carbocycles. The highest BCUT2D eigenvalue weighted by Gasteiger charge is 2.45. The van der Waals surface area contributed by atoms with E-state index in [1.165, 1.54) is 7.11 Å². The topological polar surface area (TPSA) is 102 Å². The standard InChI is InChI=1S/C18H22N6O3/c1-11(2)23-8-6-18(7-9-23)17-20-21-22-24(17)14-10-12(16(26)27-3)4-5-13(14)15(25)19-18/h4-5,10-11H,6-9H2,1-3H3,(H,19,25). The van der Waals surface area contributed by atoms with Crippen LogP contribution in [-0.4, -0.2) is 63.2 Å². The van der Waals surface area contributed by atoms with Crippen LogP contribution in [0.3, 0.4) is 0 Å². The summed E-state index contributed by atoms with van der Waals surface area (Å²) in [5, 5.41) is 15.4. The minimum absolute atomic E-state index is 0.202. The highest BCUT2D eigenvalue weighted by molar-refractivity contribution is 6.00. The molecule has 0 unspecified atom stereocenters. The van der Waals surface area contributed by atoms with Crippen molar-refractivity contribution >= 4 is 11.9 Å². The summed E-state index contributed by atoms with van der Waals surface area (Å²) in [4.78, 5) is 27.3. The molecule has 1 saturated heterocycles. The molecule has 2 aliphatic heterocycles. The normalized spacial score (nSPS) is 18.6. The number of aromatic nitrogens is 4. The van der Waals surface area contributed by atoms with Crippen molar-refractivity contribution < 1.29 is 14.3 Å². The Bertz CT molecular complexity index is 898. The molecule has 1 N–H and O–H groups in total. The lowest BCUT2D eigenvalue weighted by molar-refractivity contribution is 0.0600. The molecule has 27 heavy (non-hydrogen) atoms. The van der Waals surface area contributed by atoms with Crippen LogP contribution < -0.4 is 5.32 Å². The summed E-state index contributed by atoms with van der Waals surface area (Å²) in [6.45, 7) is 6.01. The lowest BCUT2D eigenvalue weighted by atomic mass is 9.86. The quantitative estimate of drug-likeness (QED) is 0.783. The number of hydrogen-bond donors (Lipinski definition) is 1. The molecule has 1 aromatic heterocycles. The first-order valence-corrected chi connectivity index (χ1v) is 9.03. The Kier molecular flexibility index (Phi) is 4.18. The monoisotopic (exact) mass is 370 g/mol. The van der Waals surface area contributed by atoms with E-state index in [-0.39, 0.29) is 5.91 Å². The number of carbonyl (C=O) groups is 2. The molecular weight excluding hydrogens is 348 g/mol. The largest absolute Gasteiger partial charge is 0.465 e. The van der Waals surface area contributed by atoms with Crippen molar-refractivity contribution in [3.05, 3.63) is 35.2 Å². The van der Waals surface area contributed by atoms with Crippen molar-refractivity contribution in [1.82, 2.24) is 30.4 Å². The minimum Gasteiger partial charge on any atom is -0.465 e. The highest BCUT2D eigenvalue weighted by Crippen LogP contribution is 2.36. The van der Waals surface area contributed by atoms with Gasteiger partial charge in [-0.15, -0.1) is 5.10 Å². The van der Waals surface area contributed by atoms with Gasteiger partial charge in [-0.25, -0.2) is 4.79 Å². The average molecular weight is 370 g/mol. The Morgan fingerprint density at radius 1 is 1.30 bits per heavy atom. The molecule has 4 rings (SSSR count). The van der Waals surface area contributed by atoms with Crippen LogP contribution in [0.1, 0.15) is 53.2 Å². The van der Waals surface area contributed by atoms with Crippen molar-refractivity contribution in [3.63, 3.8) is 0 Å². The van der Waals surface area contributed by atoms with Gasteiger partial charge >= 0.3 is 5.97 Å². The molecule has 2 aromatic rings. The number of nitrogens with one attached hydrogen (secondary N) is 1. The lowest BCUT2D eigenvalue weighted by Crippen LogP contribution is -2.54. The number of esters is 1. The second-order valence-corrected chi connectivity index (χ2v) is 7.30. The number of likely N-dealkylation sites (tertiary alicyclic amines) is 1. The van der Waals surface area contributed by atoms with Gasteiger partial charge in [0.15, 0.2) is 5.82 Å². The second kappa shape index (κ2) is 6.41. The van der Waals surface area contributed by atoms with Crippen molar-refractivity contribution in [3.8, 4) is 5.69 Å². The van der Waals surface area contributed by atoms with Crippen molar-refractivity contribution in [2.24, 2.45) is 0 Å². The average Bonchev–Trinajstić information content (AvgIpc) is 3.14. The summed E-state index contributed by atoms with van der Waals surface area (Å²) < 4.78 is 6.37. The van der Waals surface area contributed by atoms with Crippen LogP contribution in [0.5, 0.6) is 0 Å². The predicted octanol–water partition coefficient (Wildman–Crippen LogP) is 0.892. The van der Waals surface area contributed by atoms with Gasteiger partial charge in [0.1, 0.15) is 5.54 Å². The van der Waals surface area contributed by atoms with E-state index in [1.54, 1.807) is 22.9 Å². The summed E-state index contributed by atoms with van der Waals surface area (Å²) in [5.41, 5.74) is 0.630. The zero-order chi connectivity index (χ0) is 19.2. The van der Waals surface area contributed by atoms with Crippen LogP contribution in [0, 0.1) is 0 Å². The fraction of sp³-hybridized carbons (Fsp3) is 0.500. The maximum Gasteiger partial charge on any atom is 0.337 e. The van der Waals surface area contributed by atoms with Crippen LogP contribution in [0.15, 0.2) is 18.2 Å². The van der Waals surface area contributed by atoms with Crippen LogP contribution in [0.4, 0.5) is 0 Å². The van der Waals surface area contributed by atoms with E-state index in [1.807, 2.05) is 0 Å². The molecule has 0 atom stereocenters. The van der Waals surface area contributed by atoms with E-state index < -0.39 is 11.5 Å². The fourth-order valence-corrected chi connectivity index (χ4v) is 3.90. The zero-order valence-electron chi connectivity index (χ0n) is 15.6. The maximum absolute atomic E-state index is 13.0. The molecule has 0 bridgehead atoms. The SMILES string of the molecule is COC(=O)c1ccc2c(c1)-n1nnnc1C1(CCN(C(C)C)CC1)NC2=O. The zero-order valence-corrected chi connectivity index (χ0v) is 15.6. The molecule has 3 heterocycles. The van der Waals surface area contributed by atoms with Crippen LogP contribution in [0.25, 0.3) is 5.69 Å². The third-order valence-electron chi connectivity index (χ3n) is 5.52. The summed E-state index contributed by atoms with van der Waals surface area (Å²) in [6, 6.07) is 5.24. The lowest BCUT2D eigenvalue weighted by Gasteiger charge is -2.41. The van der Waals surface area contributed by atoms with Gasteiger partial charge in [-0.3, -0.25) is 4.79 Å². The summed E-state index contributed by atoms with van der Waals surface area (Å²) in [5.74, 6) is -0.0798. The first-order valence-electron chi connectivity index (χ1n) is 9.03. The van der Waals surface area contributed by atoms with E-state index in [2.05, 4.69) is 39.6 Å². The molecular formula is C18H22N6O3. The number of piperidine rings is 1. The van der Waals surface area contributed by atoms with Crippen molar-refractivity contribution in [1.29, 1.82) is 0 Å². The Morgan fingerprint density at radius 3 is 2.70 bits per heavy atom. The molecule has 1 spiro atoms. The van der Waals surface area contributed by atoms with Gasteiger partial charge in [0.25, 0.3) is 5.91 Å². The van der Waals surface area contributed by atoms with Crippen LogP contribution in [-0.2, 0) is 10.3 Å². The number of fused-ring (bicyclic) bond motifs is 4. The Morgan fingerprint density at radius 2 is 2.04 bits per heavy atom. The number of rotatable bonds is 2. The Labute approximate surface area is 156 Å². The summed E-state index contributed by atoms with van der Waals surface area (Å²) in [7, 11) is 1.32. The Balaban J connectivity index is 1.80. The van der Waals surface area contributed by atoms with Gasteiger partial charge in [-0.1, -0.05) is 0 Å². The molecule has 9 nitrogen and oxygen atoms in total. The molecule has 9 heteroatoms. The number of carbonyl (C=O) groups excluding carboxylic acids is 2. The van der Waals surface area contributed by atoms with Gasteiger partial charge in [0, 0.05) is 19.1 Å². The van der Waals surface area contributed by atoms with E-state index in [4.69, 9.17) is 4.74 Å². The molecule has 0 aliphatic carbocycles. The van der Waals surface area contributed by atoms with Crippen LogP contribution >= 0.6 is 0 Å². The van der Waals surface area contributed by atoms with Gasteiger partial charge in [-0.05, 0) is 55.3 Å². The van der Waals surface area contributed by atoms with Crippen molar-refractivity contribution in [2.45, 2.75) is 38.3 Å². The van der Waals surface area contributed by atoms with Gasteiger partial charge in [0.05, 0.1) is 23.9 Å². The van der Waals surface area contributed by atoms with Crippen LogP contribution in [0.2, 0.25) is 0 Å². The number of benzene rings is 1.